The van der Waals surface area contributed by atoms with E-state index in [0.717, 1.165) is 12.0 Å². The summed E-state index contributed by atoms with van der Waals surface area (Å²) in [5, 5.41) is 0. The fourth-order valence-corrected chi connectivity index (χ4v) is 2.57. The predicted molar refractivity (Wildman–Crippen MR) is 77.1 cm³/mol. The van der Waals surface area contributed by atoms with E-state index in [2.05, 4.69) is 0 Å². The number of rotatable bonds is 3. The maximum Gasteiger partial charge on any atom is 0.230 e. The molecule has 0 aliphatic carbocycles. The molecule has 4 heteroatoms. The summed E-state index contributed by atoms with van der Waals surface area (Å²) in [5.41, 5.74) is 0.436. The van der Waals surface area contributed by atoms with Gasteiger partial charge in [-0.05, 0) is 20.3 Å². The first kappa shape index (κ1) is 15.0. The third-order valence-corrected chi connectivity index (χ3v) is 3.77. The van der Waals surface area contributed by atoms with Gasteiger partial charge in [-0.1, -0.05) is 30.3 Å². The quantitative estimate of drug-likeness (QED) is 0.852. The highest BCUT2D eigenvalue weighted by atomic mass is 16.7. The number of hydrogen-bond acceptors (Lipinski definition) is 3. The van der Waals surface area contributed by atoms with E-state index in [1.54, 1.807) is 19.0 Å². The smallest absolute Gasteiger partial charge is 0.230 e. The zero-order chi connectivity index (χ0) is 14.8. The molecule has 2 unspecified atom stereocenters. The molecule has 0 bridgehead atoms. The summed E-state index contributed by atoms with van der Waals surface area (Å²) in [6, 6.07) is 9.84. The van der Waals surface area contributed by atoms with Gasteiger partial charge in [0.1, 0.15) is 0 Å². The highest BCUT2D eigenvalue weighted by Gasteiger charge is 2.42. The second kappa shape index (κ2) is 5.94. The second-order valence-corrected chi connectivity index (χ2v) is 5.95. The topological polar surface area (TPSA) is 38.8 Å². The van der Waals surface area contributed by atoms with Crippen LogP contribution in [-0.4, -0.2) is 37.6 Å². The van der Waals surface area contributed by atoms with Crippen molar-refractivity contribution in [2.75, 3.05) is 20.7 Å². The lowest BCUT2D eigenvalue weighted by Crippen LogP contribution is -2.47. The summed E-state index contributed by atoms with van der Waals surface area (Å²) in [6.07, 6.45) is 0.205. The Labute approximate surface area is 120 Å². The van der Waals surface area contributed by atoms with Gasteiger partial charge in [0.25, 0.3) is 0 Å². The van der Waals surface area contributed by atoms with Crippen molar-refractivity contribution in [2.24, 2.45) is 5.41 Å². The van der Waals surface area contributed by atoms with E-state index in [1.807, 2.05) is 44.2 Å². The van der Waals surface area contributed by atoms with Crippen molar-refractivity contribution in [2.45, 2.75) is 32.7 Å². The summed E-state index contributed by atoms with van der Waals surface area (Å²) >= 11 is 0. The summed E-state index contributed by atoms with van der Waals surface area (Å²) in [6.45, 7) is 4.48. The Morgan fingerprint density at radius 3 is 2.50 bits per heavy atom. The van der Waals surface area contributed by atoms with Gasteiger partial charge in [0.2, 0.25) is 5.91 Å². The van der Waals surface area contributed by atoms with Crippen LogP contribution in [0.2, 0.25) is 0 Å². The van der Waals surface area contributed by atoms with Crippen LogP contribution in [-0.2, 0) is 14.3 Å². The molecule has 2 atom stereocenters. The molecule has 0 aromatic heterocycles. The zero-order valence-corrected chi connectivity index (χ0v) is 12.6. The maximum absolute atomic E-state index is 12.3. The van der Waals surface area contributed by atoms with Crippen molar-refractivity contribution in [3.8, 4) is 0 Å². The molecule has 0 N–H and O–H groups in total. The summed E-state index contributed by atoms with van der Waals surface area (Å²) in [4.78, 5) is 13.9. The lowest BCUT2D eigenvalue weighted by atomic mass is 9.83. The molecule has 1 aromatic rings. The SMILES string of the molecule is CN(C)C(=O)C(C)(C)C1CCOC(c2ccccc2)O1. The molecular formula is C16H23NO3. The lowest BCUT2D eigenvalue weighted by Gasteiger charge is -2.40. The van der Waals surface area contributed by atoms with Crippen LogP contribution in [0.3, 0.4) is 0 Å². The summed E-state index contributed by atoms with van der Waals surface area (Å²) < 4.78 is 11.7. The van der Waals surface area contributed by atoms with Crippen LogP contribution in [0, 0.1) is 5.41 Å². The third-order valence-electron chi connectivity index (χ3n) is 3.77. The van der Waals surface area contributed by atoms with Crippen LogP contribution in [0.5, 0.6) is 0 Å². The van der Waals surface area contributed by atoms with Crippen molar-refractivity contribution in [1.29, 1.82) is 0 Å². The van der Waals surface area contributed by atoms with Gasteiger partial charge in [-0.2, -0.15) is 0 Å². The number of carbonyl (C=O) groups is 1. The first-order valence-corrected chi connectivity index (χ1v) is 6.96. The van der Waals surface area contributed by atoms with E-state index in [4.69, 9.17) is 9.47 Å². The van der Waals surface area contributed by atoms with Crippen molar-refractivity contribution in [3.05, 3.63) is 35.9 Å². The van der Waals surface area contributed by atoms with E-state index in [9.17, 15) is 4.79 Å². The number of ether oxygens (including phenoxy) is 2. The molecule has 1 heterocycles. The molecule has 1 aliphatic rings. The lowest BCUT2D eigenvalue weighted by molar-refractivity contribution is -0.240. The van der Waals surface area contributed by atoms with Gasteiger partial charge >= 0.3 is 0 Å². The average Bonchev–Trinajstić information content (AvgIpc) is 2.47. The highest BCUT2D eigenvalue weighted by molar-refractivity contribution is 5.82. The fraction of sp³-hybridized carbons (Fsp3) is 0.562. The Hall–Kier alpha value is -1.39. The van der Waals surface area contributed by atoms with Crippen LogP contribution < -0.4 is 0 Å². The van der Waals surface area contributed by atoms with E-state index < -0.39 is 5.41 Å². The van der Waals surface area contributed by atoms with Gasteiger partial charge in [0.05, 0.1) is 18.1 Å². The minimum Gasteiger partial charge on any atom is -0.348 e. The van der Waals surface area contributed by atoms with Crippen molar-refractivity contribution in [3.63, 3.8) is 0 Å². The van der Waals surface area contributed by atoms with Gasteiger partial charge < -0.3 is 14.4 Å². The minimum atomic E-state index is -0.555. The molecule has 1 fully saturated rings. The average molecular weight is 277 g/mol. The normalized spacial score (nSPS) is 23.4. The van der Waals surface area contributed by atoms with Crippen molar-refractivity contribution >= 4 is 5.91 Å². The van der Waals surface area contributed by atoms with Gasteiger partial charge in [-0.3, -0.25) is 4.79 Å². The van der Waals surface area contributed by atoms with Crippen LogP contribution >= 0.6 is 0 Å². The van der Waals surface area contributed by atoms with E-state index in [-0.39, 0.29) is 18.3 Å². The molecular weight excluding hydrogens is 254 g/mol. The van der Waals surface area contributed by atoms with Gasteiger partial charge in [0.15, 0.2) is 6.29 Å². The van der Waals surface area contributed by atoms with E-state index >= 15 is 0 Å². The summed E-state index contributed by atoms with van der Waals surface area (Å²) in [5.74, 6) is 0.0798. The fourth-order valence-electron chi connectivity index (χ4n) is 2.57. The zero-order valence-electron chi connectivity index (χ0n) is 12.6. The Morgan fingerprint density at radius 1 is 1.25 bits per heavy atom. The Kier molecular flexibility index (Phi) is 4.45. The molecule has 20 heavy (non-hydrogen) atoms. The highest BCUT2D eigenvalue weighted by Crippen LogP contribution is 2.36. The van der Waals surface area contributed by atoms with Crippen LogP contribution in [0.1, 0.15) is 32.1 Å². The largest absolute Gasteiger partial charge is 0.348 e. The molecule has 0 saturated carbocycles. The van der Waals surface area contributed by atoms with E-state index in [0.29, 0.717) is 6.61 Å². The van der Waals surface area contributed by atoms with Gasteiger partial charge in [-0.15, -0.1) is 0 Å². The molecule has 110 valence electrons. The van der Waals surface area contributed by atoms with Crippen molar-refractivity contribution in [1.82, 2.24) is 4.90 Å². The van der Waals surface area contributed by atoms with Crippen LogP contribution in [0.15, 0.2) is 30.3 Å². The molecule has 1 amide bonds. The molecule has 4 nitrogen and oxygen atoms in total. The Balaban J connectivity index is 2.13. The molecule has 1 aromatic carbocycles. The standard InChI is InChI=1S/C16H23NO3/c1-16(2,15(18)17(3)4)13-10-11-19-14(20-13)12-8-6-5-7-9-12/h5-9,13-14H,10-11H2,1-4H3. The molecule has 1 aliphatic heterocycles. The monoisotopic (exact) mass is 277 g/mol. The third kappa shape index (κ3) is 3.02. The van der Waals surface area contributed by atoms with E-state index in [1.165, 1.54) is 0 Å². The Morgan fingerprint density at radius 2 is 1.90 bits per heavy atom. The first-order chi connectivity index (χ1) is 9.43. The van der Waals surface area contributed by atoms with Crippen LogP contribution in [0.4, 0.5) is 0 Å². The first-order valence-electron chi connectivity index (χ1n) is 6.96. The predicted octanol–water partition coefficient (Wildman–Crippen LogP) is 2.61. The van der Waals surface area contributed by atoms with Gasteiger partial charge in [-0.25, -0.2) is 0 Å². The number of nitrogens with zero attached hydrogens (tertiary/aromatic N) is 1. The summed E-state index contributed by atoms with van der Waals surface area (Å²) in [7, 11) is 3.55. The molecule has 0 spiro atoms. The minimum absolute atomic E-state index is 0.0798. The second-order valence-electron chi connectivity index (χ2n) is 5.95. The molecule has 1 saturated heterocycles. The Bertz CT molecular complexity index is 456. The number of benzene rings is 1. The number of amides is 1. The molecule has 2 rings (SSSR count). The van der Waals surface area contributed by atoms with Crippen LogP contribution in [0.25, 0.3) is 0 Å². The van der Waals surface area contributed by atoms with Crippen molar-refractivity contribution < 1.29 is 14.3 Å². The van der Waals surface area contributed by atoms with Gasteiger partial charge in [0, 0.05) is 19.7 Å². The number of hydrogen-bond donors (Lipinski definition) is 0. The number of carbonyl (C=O) groups excluding carboxylic acids is 1. The maximum atomic E-state index is 12.3. The molecule has 0 radical (unpaired) electrons.